The number of nitrogens with two attached hydrogens (primary N) is 1. The summed E-state index contributed by atoms with van der Waals surface area (Å²) in [6, 6.07) is 3.50. The largest absolute Gasteiger partial charge is 0.416 e. The Morgan fingerprint density at radius 1 is 1.24 bits per heavy atom. The second-order valence-corrected chi connectivity index (χ2v) is 8.88. The second-order valence-electron chi connectivity index (χ2n) is 8.54. The first kappa shape index (κ1) is 27.9. The summed E-state index contributed by atoms with van der Waals surface area (Å²) < 4.78 is 38.7. The molecule has 1 saturated heterocycles. The highest BCUT2D eigenvalue weighted by Crippen LogP contribution is 2.31. The Morgan fingerprint density at radius 2 is 1.94 bits per heavy atom. The van der Waals surface area contributed by atoms with E-state index in [0.29, 0.717) is 29.5 Å². The molecular weight excluding hydrogens is 467 g/mol. The molecule has 3 rings (SSSR count). The number of benzene rings is 1. The van der Waals surface area contributed by atoms with Crippen molar-refractivity contribution in [1.82, 2.24) is 15.3 Å². The maximum absolute atomic E-state index is 12.9. The molecule has 6 nitrogen and oxygen atoms in total. The molecule has 1 fully saturated rings. The number of carbonyl (C=O) groups excluding carboxylic acids is 1. The molecule has 1 aliphatic heterocycles. The number of carbonyl (C=O) groups is 1. The van der Waals surface area contributed by atoms with Gasteiger partial charge in [-0.05, 0) is 67.6 Å². The monoisotopic (exact) mass is 499 g/mol. The third kappa shape index (κ3) is 7.84. The van der Waals surface area contributed by atoms with Crippen LogP contribution in [0.5, 0.6) is 0 Å². The minimum Gasteiger partial charge on any atom is -0.399 e. The molecule has 2 atom stereocenters. The van der Waals surface area contributed by atoms with Gasteiger partial charge in [0.2, 0.25) is 5.28 Å². The number of halogens is 4. The number of hydrogen-bond acceptors (Lipinski definition) is 6. The molecule has 0 saturated carbocycles. The minimum absolute atomic E-state index is 0.0646. The molecule has 34 heavy (non-hydrogen) atoms. The zero-order valence-electron chi connectivity index (χ0n) is 20.0. The van der Waals surface area contributed by atoms with Gasteiger partial charge in [-0.25, -0.2) is 9.97 Å². The molecule has 4 N–H and O–H groups in total. The van der Waals surface area contributed by atoms with E-state index in [1.165, 1.54) is 6.07 Å². The maximum Gasteiger partial charge on any atom is 0.416 e. The minimum atomic E-state index is -4.44. The average Bonchev–Trinajstić information content (AvgIpc) is 3.18. The molecule has 0 amide bonds. The number of aromatic nitrogens is 2. The lowest BCUT2D eigenvalue weighted by atomic mass is 9.95. The summed E-state index contributed by atoms with van der Waals surface area (Å²) in [4.78, 5) is 19.3. The fraction of sp³-hybridized carbons (Fsp3) is 0.542. The Balaban J connectivity index is 0.000000379. The molecular formula is C24H33ClF3N5O. The molecule has 1 aromatic heterocycles. The molecule has 2 aromatic rings. The van der Waals surface area contributed by atoms with Crippen molar-refractivity contribution in [1.29, 1.82) is 0 Å². The van der Waals surface area contributed by atoms with Crippen molar-refractivity contribution in [3.8, 4) is 0 Å². The average molecular weight is 500 g/mol. The highest BCUT2D eigenvalue weighted by molar-refractivity contribution is 6.28. The van der Waals surface area contributed by atoms with E-state index >= 15 is 0 Å². The summed E-state index contributed by atoms with van der Waals surface area (Å²) in [6.45, 7) is 9.84. The summed E-state index contributed by atoms with van der Waals surface area (Å²) in [6.07, 6.45) is -2.08. The van der Waals surface area contributed by atoms with E-state index in [4.69, 9.17) is 17.3 Å². The Morgan fingerprint density at radius 3 is 2.44 bits per heavy atom. The van der Waals surface area contributed by atoms with E-state index in [2.05, 4.69) is 27.5 Å². The van der Waals surface area contributed by atoms with E-state index < -0.39 is 11.7 Å². The first-order valence-electron chi connectivity index (χ1n) is 11.4. The molecule has 1 aliphatic rings. The van der Waals surface area contributed by atoms with Gasteiger partial charge in [0.15, 0.2) is 0 Å². The molecule has 1 aromatic carbocycles. The quantitative estimate of drug-likeness (QED) is 0.354. The topological polar surface area (TPSA) is 92.9 Å². The number of rotatable bonds is 7. The van der Waals surface area contributed by atoms with Crippen LogP contribution in [0.1, 0.15) is 56.5 Å². The summed E-state index contributed by atoms with van der Waals surface area (Å²) in [5.74, 6) is 1.70. The van der Waals surface area contributed by atoms with Crippen LogP contribution in [0.3, 0.4) is 0 Å². The van der Waals surface area contributed by atoms with Crippen molar-refractivity contribution in [3.05, 3.63) is 45.9 Å². The standard InChI is InChI=1S/C17H20ClF3N4.C7H13NO/c1-3-5-14-13(4-2)15(25-16(18)24-14)23-9-10-6-11(17(19,20)21)8-12(22)7-10;1-5-3-8-4-7(5)6(2)9/h6-8H,3-5,9,22H2,1-2H3,(H,23,24,25);5,7-8H,3-4H2,1-2H3. The number of anilines is 2. The first-order valence-corrected chi connectivity index (χ1v) is 11.8. The van der Waals surface area contributed by atoms with Crippen LogP contribution in [0, 0.1) is 11.8 Å². The summed E-state index contributed by atoms with van der Waals surface area (Å²) in [5.41, 5.74) is 7.09. The van der Waals surface area contributed by atoms with Gasteiger partial charge in [-0.1, -0.05) is 27.2 Å². The Labute approximate surface area is 203 Å². The fourth-order valence-electron chi connectivity index (χ4n) is 3.99. The van der Waals surface area contributed by atoms with Crippen molar-refractivity contribution in [2.45, 2.75) is 59.7 Å². The Kier molecular flexibility index (Phi) is 10.1. The first-order chi connectivity index (χ1) is 16.0. The molecule has 0 radical (unpaired) electrons. The van der Waals surface area contributed by atoms with Crippen molar-refractivity contribution >= 4 is 28.9 Å². The zero-order chi connectivity index (χ0) is 25.5. The molecule has 0 bridgehead atoms. The van der Waals surface area contributed by atoms with Crippen LogP contribution in [0.25, 0.3) is 0 Å². The van der Waals surface area contributed by atoms with Gasteiger partial charge >= 0.3 is 6.18 Å². The van der Waals surface area contributed by atoms with Gasteiger partial charge < -0.3 is 16.4 Å². The zero-order valence-corrected chi connectivity index (χ0v) is 20.8. The van der Waals surface area contributed by atoms with Gasteiger partial charge in [0.25, 0.3) is 0 Å². The highest BCUT2D eigenvalue weighted by atomic mass is 35.5. The van der Waals surface area contributed by atoms with Crippen molar-refractivity contribution in [2.24, 2.45) is 11.8 Å². The lowest BCUT2D eigenvalue weighted by Gasteiger charge is -2.15. The van der Waals surface area contributed by atoms with Gasteiger partial charge in [-0.2, -0.15) is 13.2 Å². The lowest BCUT2D eigenvalue weighted by Crippen LogP contribution is -2.17. The third-order valence-electron chi connectivity index (χ3n) is 5.75. The van der Waals surface area contributed by atoms with Crippen LogP contribution in [0.15, 0.2) is 18.2 Å². The van der Waals surface area contributed by atoms with Crippen LogP contribution in [0.2, 0.25) is 5.28 Å². The van der Waals surface area contributed by atoms with Crippen LogP contribution in [-0.4, -0.2) is 28.8 Å². The van der Waals surface area contributed by atoms with Crippen molar-refractivity contribution in [2.75, 3.05) is 24.1 Å². The van der Waals surface area contributed by atoms with Crippen molar-refractivity contribution < 1.29 is 18.0 Å². The van der Waals surface area contributed by atoms with E-state index in [9.17, 15) is 18.0 Å². The smallest absolute Gasteiger partial charge is 0.399 e. The van der Waals surface area contributed by atoms with E-state index in [-0.39, 0.29) is 23.4 Å². The number of ketones is 1. The summed E-state index contributed by atoms with van der Waals surface area (Å²) in [5, 5.41) is 6.37. The van der Waals surface area contributed by atoms with Crippen molar-refractivity contribution in [3.63, 3.8) is 0 Å². The molecule has 2 unspecified atom stereocenters. The number of hydrogen-bond donors (Lipinski definition) is 3. The highest BCUT2D eigenvalue weighted by Gasteiger charge is 2.31. The van der Waals surface area contributed by atoms with Crippen LogP contribution >= 0.6 is 11.6 Å². The molecule has 0 spiro atoms. The summed E-state index contributed by atoms with van der Waals surface area (Å²) >= 11 is 5.98. The van der Waals surface area contributed by atoms with Crippen LogP contribution in [-0.2, 0) is 30.4 Å². The van der Waals surface area contributed by atoms with Crippen LogP contribution in [0.4, 0.5) is 24.7 Å². The number of nitrogens with zero attached hydrogens (tertiary/aromatic N) is 2. The predicted octanol–water partition coefficient (Wildman–Crippen LogP) is 5.29. The van der Waals surface area contributed by atoms with Gasteiger partial charge in [0, 0.05) is 30.3 Å². The molecule has 188 valence electrons. The SMILES string of the molecule is CC(=O)C1CNCC1C.CCCc1nc(Cl)nc(NCc2cc(N)cc(C(F)(F)F)c2)c1CC. The Bertz CT molecular complexity index is 984. The number of nitrogens with one attached hydrogen (secondary N) is 2. The fourth-order valence-corrected chi connectivity index (χ4v) is 4.17. The van der Waals surface area contributed by atoms with Gasteiger partial charge in [-0.15, -0.1) is 0 Å². The molecule has 0 aliphatic carbocycles. The van der Waals surface area contributed by atoms with E-state index in [1.54, 1.807) is 6.92 Å². The van der Waals surface area contributed by atoms with Crippen LogP contribution < -0.4 is 16.4 Å². The number of Topliss-reactive ketones (excluding diaryl/α,β-unsaturated/α-hetero) is 1. The van der Waals surface area contributed by atoms with E-state index in [0.717, 1.165) is 49.3 Å². The maximum atomic E-state index is 12.9. The number of alkyl halides is 3. The molecule has 2 heterocycles. The summed E-state index contributed by atoms with van der Waals surface area (Å²) in [7, 11) is 0. The number of nitrogen functional groups attached to an aromatic ring is 1. The normalized spacial score (nSPS) is 17.8. The second kappa shape index (κ2) is 12.4. The van der Waals surface area contributed by atoms with Gasteiger partial charge in [0.1, 0.15) is 11.6 Å². The lowest BCUT2D eigenvalue weighted by molar-refractivity contribution is -0.137. The molecule has 10 heteroatoms. The van der Waals surface area contributed by atoms with Gasteiger partial charge in [-0.3, -0.25) is 4.79 Å². The Hall–Kier alpha value is -2.39. The predicted molar refractivity (Wildman–Crippen MR) is 130 cm³/mol. The number of aryl methyl sites for hydroxylation is 1. The van der Waals surface area contributed by atoms with Gasteiger partial charge in [0.05, 0.1) is 11.3 Å². The third-order valence-corrected chi connectivity index (χ3v) is 5.92. The van der Waals surface area contributed by atoms with E-state index in [1.807, 2.05) is 13.8 Å².